The molecule has 1 amide bonds. The molecule has 0 saturated carbocycles. The Balaban J connectivity index is 0.00000169. The van der Waals surface area contributed by atoms with Crippen LogP contribution in [-0.4, -0.2) is 47.2 Å². The molecule has 6 nitrogen and oxygen atoms in total. The van der Waals surface area contributed by atoms with Crippen molar-refractivity contribution in [2.75, 3.05) is 26.2 Å². The van der Waals surface area contributed by atoms with Crippen molar-refractivity contribution in [3.05, 3.63) is 38.8 Å². The van der Waals surface area contributed by atoms with Crippen molar-refractivity contribution in [3.63, 3.8) is 0 Å². The Hall–Kier alpha value is -1.41. The first-order valence-electron chi connectivity index (χ1n) is 8.14. The Bertz CT molecular complexity index is 713. The van der Waals surface area contributed by atoms with Crippen molar-refractivity contribution in [2.24, 2.45) is 0 Å². The number of halogens is 1. The number of carbonyl (C=O) groups is 1. The van der Waals surface area contributed by atoms with Gasteiger partial charge in [0.2, 0.25) is 0 Å². The number of aromatic nitrogens is 2. The first-order chi connectivity index (χ1) is 11.3. The van der Waals surface area contributed by atoms with Gasteiger partial charge in [-0.15, -0.1) is 23.7 Å². The molecule has 0 saturated heterocycles. The third-order valence-corrected chi connectivity index (χ3v) is 5.64. The molecule has 0 radical (unpaired) electrons. The van der Waals surface area contributed by atoms with Crippen LogP contribution in [0.25, 0.3) is 0 Å². The van der Waals surface area contributed by atoms with Gasteiger partial charge in [-0.3, -0.25) is 14.8 Å². The number of thiophene rings is 1. The van der Waals surface area contributed by atoms with Gasteiger partial charge in [-0.25, -0.2) is 0 Å². The lowest BCUT2D eigenvalue weighted by Crippen LogP contribution is -2.38. The number of H-pyrrole nitrogens is 1. The summed E-state index contributed by atoms with van der Waals surface area (Å²) in [7, 11) is 0. The van der Waals surface area contributed by atoms with E-state index in [9.17, 15) is 4.79 Å². The van der Waals surface area contributed by atoms with E-state index in [1.165, 1.54) is 10.4 Å². The Labute approximate surface area is 151 Å². The van der Waals surface area contributed by atoms with E-state index in [2.05, 4.69) is 37.2 Å². The number of carbonyl (C=O) groups excluding carboxylic acids is 1. The Morgan fingerprint density at radius 2 is 2.33 bits per heavy atom. The van der Waals surface area contributed by atoms with Gasteiger partial charge in [0.05, 0.1) is 0 Å². The van der Waals surface area contributed by atoms with Gasteiger partial charge >= 0.3 is 0 Å². The van der Waals surface area contributed by atoms with E-state index >= 15 is 0 Å². The van der Waals surface area contributed by atoms with E-state index in [0.717, 1.165) is 56.8 Å². The molecule has 24 heavy (non-hydrogen) atoms. The molecule has 0 fully saturated rings. The summed E-state index contributed by atoms with van der Waals surface area (Å²) in [4.78, 5) is 16.3. The lowest BCUT2D eigenvalue weighted by atomic mass is 10.1. The number of amides is 1. The molecule has 2 aromatic rings. The second-order valence-corrected chi connectivity index (χ2v) is 7.11. The summed E-state index contributed by atoms with van der Waals surface area (Å²) in [6.45, 7) is 5.28. The maximum atomic E-state index is 12.3. The van der Waals surface area contributed by atoms with Crippen molar-refractivity contribution in [1.82, 2.24) is 25.7 Å². The zero-order chi connectivity index (χ0) is 15.6. The first kappa shape index (κ1) is 17.4. The Morgan fingerprint density at radius 3 is 3.25 bits per heavy atom. The highest BCUT2D eigenvalue weighted by Gasteiger charge is 2.22. The molecule has 3 N–H and O–H groups in total. The van der Waals surface area contributed by atoms with Gasteiger partial charge < -0.3 is 10.6 Å². The van der Waals surface area contributed by atoms with Crippen LogP contribution < -0.4 is 10.6 Å². The summed E-state index contributed by atoms with van der Waals surface area (Å²) in [5, 5.41) is 15.7. The van der Waals surface area contributed by atoms with E-state index in [1.54, 1.807) is 0 Å². The molecule has 4 heterocycles. The van der Waals surface area contributed by atoms with Crippen LogP contribution in [0.2, 0.25) is 0 Å². The molecule has 0 bridgehead atoms. The zero-order valence-corrected chi connectivity index (χ0v) is 15.1. The van der Waals surface area contributed by atoms with Gasteiger partial charge in [0.1, 0.15) is 0 Å². The third-order valence-electron chi connectivity index (χ3n) is 4.62. The average Bonchev–Trinajstić information content (AvgIpc) is 3.21. The maximum absolute atomic E-state index is 12.3. The van der Waals surface area contributed by atoms with Gasteiger partial charge in [0.15, 0.2) is 5.69 Å². The minimum atomic E-state index is -0.0700. The average molecular weight is 368 g/mol. The second-order valence-electron chi connectivity index (χ2n) is 6.11. The maximum Gasteiger partial charge on any atom is 0.272 e. The van der Waals surface area contributed by atoms with Crippen molar-refractivity contribution < 1.29 is 4.79 Å². The summed E-state index contributed by atoms with van der Waals surface area (Å²) in [6.07, 6.45) is 2.03. The third kappa shape index (κ3) is 3.49. The number of fused-ring (bicyclic) bond motifs is 2. The van der Waals surface area contributed by atoms with E-state index < -0.39 is 0 Å². The van der Waals surface area contributed by atoms with Crippen LogP contribution >= 0.6 is 23.7 Å². The molecule has 2 aliphatic rings. The smallest absolute Gasteiger partial charge is 0.272 e. The number of hydrogen-bond donors (Lipinski definition) is 3. The van der Waals surface area contributed by atoms with Crippen LogP contribution in [0.1, 0.15) is 32.2 Å². The standard InChI is InChI=1S/C16H21N5OS.ClH/c22-16(15-12-9-17-4-1-13(12)19-20-15)18-5-7-21-6-2-14-11(10-21)3-8-23-14;/h3,8,17H,1-2,4-7,9-10H2,(H,18,22)(H,19,20);1H. The molecule has 4 rings (SSSR count). The Kier molecular flexibility index (Phi) is 5.55. The second kappa shape index (κ2) is 7.65. The van der Waals surface area contributed by atoms with Gasteiger partial charge in [0.25, 0.3) is 5.91 Å². The van der Waals surface area contributed by atoms with Gasteiger partial charge in [-0.1, -0.05) is 0 Å². The van der Waals surface area contributed by atoms with Crippen molar-refractivity contribution in [2.45, 2.75) is 25.9 Å². The fourth-order valence-electron chi connectivity index (χ4n) is 3.32. The van der Waals surface area contributed by atoms with Crippen LogP contribution in [0, 0.1) is 0 Å². The highest BCUT2D eigenvalue weighted by molar-refractivity contribution is 7.10. The highest BCUT2D eigenvalue weighted by Crippen LogP contribution is 2.23. The number of aromatic amines is 1. The predicted octanol–water partition coefficient (Wildman–Crippen LogP) is 1.33. The molecule has 2 aromatic heterocycles. The molecule has 2 aliphatic heterocycles. The quantitative estimate of drug-likeness (QED) is 0.762. The van der Waals surface area contributed by atoms with Gasteiger partial charge in [-0.05, 0) is 23.4 Å². The molecular formula is C16H22ClN5OS. The SMILES string of the molecule is Cl.O=C(NCCN1CCc2sccc2C1)c1n[nH]c2c1CNCC2. The Morgan fingerprint density at radius 1 is 1.42 bits per heavy atom. The molecule has 0 aliphatic carbocycles. The molecule has 130 valence electrons. The molecule has 0 spiro atoms. The lowest BCUT2D eigenvalue weighted by molar-refractivity contribution is 0.0941. The molecule has 0 unspecified atom stereocenters. The van der Waals surface area contributed by atoms with Crippen molar-refractivity contribution in [1.29, 1.82) is 0 Å². The monoisotopic (exact) mass is 367 g/mol. The predicted molar refractivity (Wildman–Crippen MR) is 96.9 cm³/mol. The molecule has 0 aromatic carbocycles. The minimum Gasteiger partial charge on any atom is -0.349 e. The number of nitrogens with zero attached hydrogens (tertiary/aromatic N) is 2. The number of nitrogens with one attached hydrogen (secondary N) is 3. The summed E-state index contributed by atoms with van der Waals surface area (Å²) >= 11 is 1.85. The number of hydrogen-bond acceptors (Lipinski definition) is 5. The van der Waals surface area contributed by atoms with E-state index in [4.69, 9.17) is 0 Å². The first-order valence-corrected chi connectivity index (χ1v) is 9.02. The summed E-state index contributed by atoms with van der Waals surface area (Å²) in [5.41, 5.74) is 4.11. The van der Waals surface area contributed by atoms with Crippen molar-refractivity contribution in [3.8, 4) is 0 Å². The number of rotatable bonds is 4. The fourth-order valence-corrected chi connectivity index (χ4v) is 4.21. The van der Waals surface area contributed by atoms with Gasteiger partial charge in [-0.2, -0.15) is 5.10 Å². The molecule has 8 heteroatoms. The lowest BCUT2D eigenvalue weighted by Gasteiger charge is -2.26. The molecule has 0 atom stereocenters. The normalized spacial score (nSPS) is 16.8. The zero-order valence-electron chi connectivity index (χ0n) is 13.4. The van der Waals surface area contributed by atoms with Crippen LogP contribution in [0.3, 0.4) is 0 Å². The van der Waals surface area contributed by atoms with Crippen LogP contribution in [-0.2, 0) is 25.9 Å². The summed E-state index contributed by atoms with van der Waals surface area (Å²) in [6, 6.07) is 2.22. The van der Waals surface area contributed by atoms with E-state index in [0.29, 0.717) is 12.2 Å². The largest absolute Gasteiger partial charge is 0.349 e. The topological polar surface area (TPSA) is 73.0 Å². The molecular weight excluding hydrogens is 346 g/mol. The van der Waals surface area contributed by atoms with Crippen LogP contribution in [0.4, 0.5) is 0 Å². The van der Waals surface area contributed by atoms with Crippen LogP contribution in [0.15, 0.2) is 11.4 Å². The van der Waals surface area contributed by atoms with E-state index in [1.807, 2.05) is 11.3 Å². The summed E-state index contributed by atoms with van der Waals surface area (Å²) < 4.78 is 0. The van der Waals surface area contributed by atoms with Crippen molar-refractivity contribution >= 4 is 29.7 Å². The van der Waals surface area contributed by atoms with Crippen LogP contribution in [0.5, 0.6) is 0 Å². The fraction of sp³-hybridized carbons (Fsp3) is 0.500. The minimum absolute atomic E-state index is 0. The summed E-state index contributed by atoms with van der Waals surface area (Å²) in [5.74, 6) is -0.0700. The highest BCUT2D eigenvalue weighted by atomic mass is 35.5. The van der Waals surface area contributed by atoms with Gasteiger partial charge in [0, 0.05) is 61.8 Å². The van der Waals surface area contributed by atoms with E-state index in [-0.39, 0.29) is 18.3 Å².